The van der Waals surface area contributed by atoms with Gasteiger partial charge in [-0.2, -0.15) is 0 Å². The van der Waals surface area contributed by atoms with Gasteiger partial charge in [0, 0.05) is 5.92 Å². The normalized spacial score (nSPS) is 27.0. The zero-order valence-corrected chi connectivity index (χ0v) is 18.2. The number of rotatable bonds is 5. The molecule has 0 radical (unpaired) electrons. The van der Waals surface area contributed by atoms with E-state index < -0.39 is 17.9 Å². The molecule has 170 valence electrons. The smallest absolute Gasteiger partial charge is 0.403 e. The molecule has 0 amide bonds. The van der Waals surface area contributed by atoms with Gasteiger partial charge in [0.05, 0.1) is 0 Å². The number of hydrogen-bond acceptors (Lipinski definition) is 1. The molecule has 0 atom stereocenters. The molecule has 2 saturated carbocycles. The van der Waals surface area contributed by atoms with E-state index in [1.54, 1.807) is 6.07 Å². The van der Waals surface area contributed by atoms with Crippen molar-refractivity contribution in [2.45, 2.75) is 83.4 Å². The van der Waals surface area contributed by atoms with Crippen molar-refractivity contribution in [1.82, 2.24) is 0 Å². The number of halogens is 4. The third-order valence-electron chi connectivity index (χ3n) is 6.71. The lowest BCUT2D eigenvalue weighted by Gasteiger charge is -2.26. The molecule has 2 fully saturated rings. The minimum Gasteiger partial charge on any atom is -0.403 e. The number of allylic oxidation sites excluding steroid dienone is 2. The summed E-state index contributed by atoms with van der Waals surface area (Å²) >= 11 is 0. The van der Waals surface area contributed by atoms with Crippen LogP contribution in [0.15, 0.2) is 30.4 Å². The van der Waals surface area contributed by atoms with E-state index >= 15 is 0 Å². The summed E-state index contributed by atoms with van der Waals surface area (Å²) in [4.78, 5) is 0. The maximum atomic E-state index is 14.0. The summed E-state index contributed by atoms with van der Waals surface area (Å²) in [5.74, 6) is 6.89. The molecule has 1 aromatic rings. The molecule has 1 nitrogen and oxygen atoms in total. The Labute approximate surface area is 183 Å². The first kappa shape index (κ1) is 23.7. The second-order valence-corrected chi connectivity index (χ2v) is 9.00. The Hall–Kier alpha value is -1.96. The van der Waals surface area contributed by atoms with E-state index in [2.05, 4.69) is 29.6 Å². The van der Waals surface area contributed by atoms with Gasteiger partial charge in [-0.1, -0.05) is 43.7 Å². The maximum Gasteiger partial charge on any atom is 0.573 e. The minimum atomic E-state index is -4.89. The molecule has 5 heteroatoms. The standard InChI is InChI=1S/C26H32F4O/c1-2-5-19-8-10-20(11-9-19)6-3-4-7-21-12-14-22(15-13-21)23-16-17-25(24(27)18-23)31-26(28,29)30/h3,6,16-22H,2,5,8-15H2,1H3. The average molecular weight is 437 g/mol. The molecule has 2 aliphatic carbocycles. The van der Waals surface area contributed by atoms with Crippen molar-refractivity contribution in [1.29, 1.82) is 0 Å². The predicted octanol–water partition coefficient (Wildman–Crippen LogP) is 8.16. The largest absolute Gasteiger partial charge is 0.573 e. The lowest BCUT2D eigenvalue weighted by Crippen LogP contribution is -2.18. The molecule has 0 aliphatic heterocycles. The van der Waals surface area contributed by atoms with Crippen molar-refractivity contribution in [2.24, 2.45) is 17.8 Å². The third-order valence-corrected chi connectivity index (χ3v) is 6.71. The predicted molar refractivity (Wildman–Crippen MR) is 115 cm³/mol. The quantitative estimate of drug-likeness (QED) is 0.334. The van der Waals surface area contributed by atoms with Crippen molar-refractivity contribution in [2.75, 3.05) is 0 Å². The highest BCUT2D eigenvalue weighted by atomic mass is 19.4. The number of hydrogen-bond donors (Lipinski definition) is 0. The Morgan fingerprint density at radius 1 is 1.03 bits per heavy atom. The first-order valence-corrected chi connectivity index (χ1v) is 11.6. The first-order chi connectivity index (χ1) is 14.8. The Morgan fingerprint density at radius 3 is 2.35 bits per heavy atom. The Kier molecular flexibility index (Phi) is 8.46. The van der Waals surface area contributed by atoms with E-state index in [0.717, 1.165) is 43.2 Å². The van der Waals surface area contributed by atoms with Crippen LogP contribution in [0.5, 0.6) is 5.75 Å². The van der Waals surface area contributed by atoms with E-state index in [4.69, 9.17) is 0 Å². The van der Waals surface area contributed by atoms with E-state index in [1.807, 2.05) is 6.08 Å². The maximum absolute atomic E-state index is 14.0. The third kappa shape index (κ3) is 7.59. The number of benzene rings is 1. The highest BCUT2D eigenvalue weighted by Gasteiger charge is 2.32. The van der Waals surface area contributed by atoms with Crippen LogP contribution in [0.3, 0.4) is 0 Å². The summed E-state index contributed by atoms with van der Waals surface area (Å²) in [7, 11) is 0. The Balaban J connectivity index is 1.44. The zero-order valence-electron chi connectivity index (χ0n) is 18.2. The highest BCUT2D eigenvalue weighted by molar-refractivity contribution is 5.32. The van der Waals surface area contributed by atoms with E-state index in [-0.39, 0.29) is 5.92 Å². The van der Waals surface area contributed by atoms with Gasteiger partial charge >= 0.3 is 6.36 Å². The summed E-state index contributed by atoms with van der Waals surface area (Å²) in [5, 5.41) is 0. The molecule has 0 spiro atoms. The van der Waals surface area contributed by atoms with Gasteiger partial charge in [-0.05, 0) is 92.9 Å². The molecule has 3 rings (SSSR count). The highest BCUT2D eigenvalue weighted by Crippen LogP contribution is 2.37. The molecule has 0 N–H and O–H groups in total. The van der Waals surface area contributed by atoms with Crippen LogP contribution in [0, 0.1) is 35.4 Å². The Bertz CT molecular complexity index is 786. The molecular weight excluding hydrogens is 404 g/mol. The van der Waals surface area contributed by atoms with Crippen LogP contribution in [0.25, 0.3) is 0 Å². The van der Waals surface area contributed by atoms with Gasteiger partial charge in [0.25, 0.3) is 0 Å². The zero-order chi connectivity index (χ0) is 22.3. The van der Waals surface area contributed by atoms with Gasteiger partial charge in [-0.15, -0.1) is 13.2 Å². The van der Waals surface area contributed by atoms with Gasteiger partial charge in [0.15, 0.2) is 11.6 Å². The van der Waals surface area contributed by atoms with Crippen molar-refractivity contribution in [3.63, 3.8) is 0 Å². The SMILES string of the molecule is CCCC1CCC(C=CC#CC2CCC(c3ccc(OC(F)(F)F)c(F)c3)CC2)CC1. The molecular formula is C26H32F4O. The summed E-state index contributed by atoms with van der Waals surface area (Å²) < 4.78 is 54.6. The van der Waals surface area contributed by atoms with Crippen LogP contribution >= 0.6 is 0 Å². The second kappa shape index (κ2) is 11.1. The fourth-order valence-corrected chi connectivity index (χ4v) is 4.98. The van der Waals surface area contributed by atoms with Crippen molar-refractivity contribution < 1.29 is 22.3 Å². The summed E-state index contributed by atoms with van der Waals surface area (Å²) in [6.45, 7) is 2.26. The van der Waals surface area contributed by atoms with Crippen LogP contribution in [0.1, 0.15) is 82.6 Å². The molecule has 1 aromatic carbocycles. The van der Waals surface area contributed by atoms with Crippen LogP contribution in [0.4, 0.5) is 17.6 Å². The van der Waals surface area contributed by atoms with Gasteiger partial charge in [-0.25, -0.2) is 4.39 Å². The van der Waals surface area contributed by atoms with Crippen molar-refractivity contribution in [3.05, 3.63) is 41.7 Å². The molecule has 0 unspecified atom stereocenters. The van der Waals surface area contributed by atoms with Crippen LogP contribution in [-0.4, -0.2) is 6.36 Å². The first-order valence-electron chi connectivity index (χ1n) is 11.6. The van der Waals surface area contributed by atoms with E-state index in [9.17, 15) is 17.6 Å². The van der Waals surface area contributed by atoms with E-state index in [1.165, 1.54) is 44.6 Å². The lowest BCUT2D eigenvalue weighted by molar-refractivity contribution is -0.275. The molecule has 0 heterocycles. The van der Waals surface area contributed by atoms with Gasteiger partial charge in [0.2, 0.25) is 0 Å². The molecule has 0 aromatic heterocycles. The molecule has 0 saturated heterocycles. The van der Waals surface area contributed by atoms with Crippen molar-refractivity contribution >= 4 is 0 Å². The summed E-state index contributed by atoms with van der Waals surface area (Å²) in [6.07, 6.45) is 10.9. The summed E-state index contributed by atoms with van der Waals surface area (Å²) in [5.41, 5.74) is 0.733. The van der Waals surface area contributed by atoms with Crippen molar-refractivity contribution in [3.8, 4) is 17.6 Å². The monoisotopic (exact) mass is 436 g/mol. The minimum absolute atomic E-state index is 0.154. The van der Waals surface area contributed by atoms with Crippen LogP contribution < -0.4 is 4.74 Å². The lowest BCUT2D eigenvalue weighted by atomic mass is 9.79. The second-order valence-electron chi connectivity index (χ2n) is 9.00. The van der Waals surface area contributed by atoms with Crippen LogP contribution in [-0.2, 0) is 0 Å². The van der Waals surface area contributed by atoms with Crippen LogP contribution in [0.2, 0.25) is 0 Å². The van der Waals surface area contributed by atoms with Gasteiger partial charge < -0.3 is 4.74 Å². The molecule has 0 bridgehead atoms. The fraction of sp³-hybridized carbons (Fsp3) is 0.615. The van der Waals surface area contributed by atoms with Gasteiger partial charge in [-0.3, -0.25) is 0 Å². The van der Waals surface area contributed by atoms with E-state index in [0.29, 0.717) is 11.8 Å². The van der Waals surface area contributed by atoms with Gasteiger partial charge in [0.1, 0.15) is 0 Å². The summed E-state index contributed by atoms with van der Waals surface area (Å²) in [6, 6.07) is 3.79. The average Bonchev–Trinajstić information content (AvgIpc) is 2.74. The fourth-order valence-electron chi connectivity index (χ4n) is 4.98. The number of ether oxygens (including phenoxy) is 1. The molecule has 31 heavy (non-hydrogen) atoms. The topological polar surface area (TPSA) is 9.23 Å². The Morgan fingerprint density at radius 2 is 1.74 bits per heavy atom. The molecule has 2 aliphatic rings. The number of alkyl halides is 3.